The smallest absolute Gasteiger partial charge is 0.249 e. The monoisotopic (exact) mass is 327 g/mol. The van der Waals surface area contributed by atoms with Gasteiger partial charge in [0.1, 0.15) is 6.10 Å². The molecular weight excluding hydrogens is 294 g/mol. The number of hydrogen-bond donors (Lipinski definition) is 1. The van der Waals surface area contributed by atoms with Crippen molar-refractivity contribution < 1.29 is 19.0 Å². The van der Waals surface area contributed by atoms with E-state index in [-0.39, 0.29) is 24.2 Å². The highest BCUT2D eigenvalue weighted by atomic mass is 16.5. The van der Waals surface area contributed by atoms with E-state index in [2.05, 4.69) is 5.32 Å². The zero-order valence-corrected chi connectivity index (χ0v) is 14.9. The van der Waals surface area contributed by atoms with Crippen molar-refractivity contribution in [1.82, 2.24) is 5.32 Å². The standard InChI is InChI=1S/C18H33NO4/c1-4-22-17-8-6-5-7-16(17)19-18(20)13(2)23-15-11-9-14(21-3)10-12-15/h13-17H,4-12H2,1-3H3,(H,19,20). The Morgan fingerprint density at radius 3 is 2.39 bits per heavy atom. The highest BCUT2D eigenvalue weighted by Gasteiger charge is 2.30. The Kier molecular flexibility index (Phi) is 7.80. The van der Waals surface area contributed by atoms with E-state index in [1.165, 1.54) is 6.42 Å². The molecule has 2 fully saturated rings. The topological polar surface area (TPSA) is 56.8 Å². The lowest BCUT2D eigenvalue weighted by Crippen LogP contribution is -2.50. The predicted octanol–water partition coefficient (Wildman–Crippen LogP) is 2.81. The van der Waals surface area contributed by atoms with E-state index in [4.69, 9.17) is 14.2 Å². The van der Waals surface area contributed by atoms with Crippen LogP contribution in [-0.2, 0) is 19.0 Å². The number of carbonyl (C=O) groups is 1. The Bertz CT molecular complexity index is 353. The molecule has 0 bridgehead atoms. The van der Waals surface area contributed by atoms with Gasteiger partial charge < -0.3 is 19.5 Å². The molecule has 0 aromatic heterocycles. The molecule has 2 rings (SSSR count). The third-order valence-electron chi connectivity index (χ3n) is 5.13. The van der Waals surface area contributed by atoms with Crippen molar-refractivity contribution in [1.29, 1.82) is 0 Å². The maximum atomic E-state index is 12.4. The van der Waals surface area contributed by atoms with E-state index in [0.29, 0.717) is 12.7 Å². The van der Waals surface area contributed by atoms with Crippen LogP contribution in [0.4, 0.5) is 0 Å². The van der Waals surface area contributed by atoms with Crippen LogP contribution in [0.1, 0.15) is 65.2 Å². The fourth-order valence-electron chi connectivity index (χ4n) is 3.73. The lowest BCUT2D eigenvalue weighted by molar-refractivity contribution is -0.140. The summed E-state index contributed by atoms with van der Waals surface area (Å²) in [5.41, 5.74) is 0. The first-order chi connectivity index (χ1) is 11.1. The molecule has 2 aliphatic rings. The summed E-state index contributed by atoms with van der Waals surface area (Å²) in [7, 11) is 1.76. The summed E-state index contributed by atoms with van der Waals surface area (Å²) in [6, 6.07) is 0.131. The van der Waals surface area contributed by atoms with Crippen LogP contribution >= 0.6 is 0 Å². The Morgan fingerprint density at radius 2 is 1.74 bits per heavy atom. The van der Waals surface area contributed by atoms with Gasteiger partial charge in [-0.25, -0.2) is 0 Å². The number of amides is 1. The molecule has 3 unspecified atom stereocenters. The molecule has 0 heterocycles. The summed E-state index contributed by atoms with van der Waals surface area (Å²) >= 11 is 0. The number of hydrogen-bond acceptors (Lipinski definition) is 4. The Labute approximate surface area is 140 Å². The Balaban J connectivity index is 1.75. The second kappa shape index (κ2) is 9.60. The van der Waals surface area contributed by atoms with Crippen LogP contribution in [0, 0.1) is 0 Å². The maximum Gasteiger partial charge on any atom is 0.249 e. The lowest BCUT2D eigenvalue weighted by atomic mass is 9.92. The average Bonchev–Trinajstić information content (AvgIpc) is 2.57. The quantitative estimate of drug-likeness (QED) is 0.781. The van der Waals surface area contributed by atoms with Gasteiger partial charge in [0.25, 0.3) is 0 Å². The summed E-state index contributed by atoms with van der Waals surface area (Å²) in [4.78, 5) is 12.4. The number of nitrogens with one attached hydrogen (secondary N) is 1. The van der Waals surface area contributed by atoms with E-state index in [1.807, 2.05) is 13.8 Å². The molecule has 0 spiro atoms. The molecular formula is C18H33NO4. The first-order valence-corrected chi connectivity index (χ1v) is 9.24. The molecule has 1 N–H and O–H groups in total. The van der Waals surface area contributed by atoms with Crippen molar-refractivity contribution in [3.63, 3.8) is 0 Å². The van der Waals surface area contributed by atoms with Gasteiger partial charge in [-0.15, -0.1) is 0 Å². The van der Waals surface area contributed by atoms with Crippen molar-refractivity contribution in [2.75, 3.05) is 13.7 Å². The minimum absolute atomic E-state index is 0.00420. The van der Waals surface area contributed by atoms with Gasteiger partial charge in [-0.05, 0) is 52.4 Å². The minimum atomic E-state index is -0.400. The minimum Gasteiger partial charge on any atom is -0.381 e. The number of ether oxygens (including phenoxy) is 3. The van der Waals surface area contributed by atoms with Crippen LogP contribution < -0.4 is 5.32 Å². The van der Waals surface area contributed by atoms with Gasteiger partial charge in [0, 0.05) is 13.7 Å². The third-order valence-corrected chi connectivity index (χ3v) is 5.13. The number of methoxy groups -OCH3 is 1. The molecule has 0 radical (unpaired) electrons. The van der Waals surface area contributed by atoms with Crippen LogP contribution in [0.3, 0.4) is 0 Å². The van der Waals surface area contributed by atoms with Crippen LogP contribution in [0.15, 0.2) is 0 Å². The van der Waals surface area contributed by atoms with Gasteiger partial charge in [-0.2, -0.15) is 0 Å². The normalized spacial score (nSPS) is 33.2. The second-order valence-electron chi connectivity index (χ2n) is 6.81. The maximum absolute atomic E-state index is 12.4. The van der Waals surface area contributed by atoms with E-state index < -0.39 is 6.10 Å². The first kappa shape index (κ1) is 18.7. The highest BCUT2D eigenvalue weighted by molar-refractivity contribution is 5.80. The van der Waals surface area contributed by atoms with Gasteiger partial charge in [0.05, 0.1) is 24.4 Å². The van der Waals surface area contributed by atoms with Crippen LogP contribution in [0.2, 0.25) is 0 Å². The molecule has 0 aromatic rings. The lowest BCUT2D eigenvalue weighted by Gasteiger charge is -2.33. The molecule has 134 valence electrons. The van der Waals surface area contributed by atoms with Crippen molar-refractivity contribution in [3.8, 4) is 0 Å². The molecule has 2 saturated carbocycles. The van der Waals surface area contributed by atoms with Crippen molar-refractivity contribution in [2.45, 2.75) is 95.7 Å². The van der Waals surface area contributed by atoms with Gasteiger partial charge in [-0.3, -0.25) is 4.79 Å². The molecule has 5 heteroatoms. The zero-order chi connectivity index (χ0) is 16.7. The van der Waals surface area contributed by atoms with Crippen LogP contribution in [0.5, 0.6) is 0 Å². The SMILES string of the molecule is CCOC1CCCCC1NC(=O)C(C)OC1CCC(OC)CC1. The summed E-state index contributed by atoms with van der Waals surface area (Å²) in [6.45, 7) is 4.57. The fourth-order valence-corrected chi connectivity index (χ4v) is 3.73. The first-order valence-electron chi connectivity index (χ1n) is 9.24. The zero-order valence-electron chi connectivity index (χ0n) is 14.9. The van der Waals surface area contributed by atoms with Gasteiger partial charge in [0.2, 0.25) is 5.91 Å². The van der Waals surface area contributed by atoms with E-state index in [1.54, 1.807) is 7.11 Å². The Morgan fingerprint density at radius 1 is 1.09 bits per heavy atom. The van der Waals surface area contributed by atoms with Crippen molar-refractivity contribution >= 4 is 5.91 Å². The van der Waals surface area contributed by atoms with E-state index in [9.17, 15) is 4.79 Å². The third kappa shape index (κ3) is 5.73. The highest BCUT2D eigenvalue weighted by Crippen LogP contribution is 2.25. The van der Waals surface area contributed by atoms with Crippen molar-refractivity contribution in [2.24, 2.45) is 0 Å². The van der Waals surface area contributed by atoms with E-state index in [0.717, 1.165) is 44.9 Å². The molecule has 5 nitrogen and oxygen atoms in total. The second-order valence-corrected chi connectivity index (χ2v) is 6.81. The summed E-state index contributed by atoms with van der Waals surface area (Å²) in [5.74, 6) is -0.00420. The molecule has 3 atom stereocenters. The number of carbonyl (C=O) groups excluding carboxylic acids is 1. The fraction of sp³-hybridized carbons (Fsp3) is 0.944. The summed E-state index contributed by atoms with van der Waals surface area (Å²) in [6.07, 6.45) is 8.65. The van der Waals surface area contributed by atoms with Crippen LogP contribution in [0.25, 0.3) is 0 Å². The van der Waals surface area contributed by atoms with Crippen molar-refractivity contribution in [3.05, 3.63) is 0 Å². The molecule has 0 aliphatic heterocycles. The average molecular weight is 327 g/mol. The molecule has 2 aliphatic carbocycles. The Hall–Kier alpha value is -0.650. The molecule has 23 heavy (non-hydrogen) atoms. The molecule has 0 aromatic carbocycles. The van der Waals surface area contributed by atoms with Gasteiger partial charge in [-0.1, -0.05) is 12.8 Å². The summed E-state index contributed by atoms with van der Waals surface area (Å²) < 4.78 is 17.1. The number of rotatable bonds is 7. The molecule has 0 saturated heterocycles. The predicted molar refractivity (Wildman–Crippen MR) is 89.4 cm³/mol. The molecule has 1 amide bonds. The largest absolute Gasteiger partial charge is 0.381 e. The summed E-state index contributed by atoms with van der Waals surface area (Å²) in [5, 5.41) is 3.15. The van der Waals surface area contributed by atoms with Gasteiger partial charge in [0.15, 0.2) is 0 Å². The van der Waals surface area contributed by atoms with E-state index >= 15 is 0 Å². The van der Waals surface area contributed by atoms with Crippen LogP contribution in [-0.4, -0.2) is 50.1 Å². The van der Waals surface area contributed by atoms with Gasteiger partial charge >= 0.3 is 0 Å².